The molecule has 0 unspecified atom stereocenters. The van der Waals surface area contributed by atoms with E-state index in [0.29, 0.717) is 12.0 Å². The summed E-state index contributed by atoms with van der Waals surface area (Å²) in [5, 5.41) is 11.9. The van der Waals surface area contributed by atoms with Crippen LogP contribution in [-0.4, -0.2) is 47.4 Å². The topological polar surface area (TPSA) is 86.7 Å². The largest absolute Gasteiger partial charge is 0.480 e. The Labute approximate surface area is 145 Å². The van der Waals surface area contributed by atoms with Crippen LogP contribution in [0.2, 0.25) is 0 Å². The third kappa shape index (κ3) is 4.89. The van der Waals surface area contributed by atoms with Crippen LogP contribution in [0.4, 0.5) is 4.39 Å². The monoisotopic (exact) mass is 348 g/mol. The number of hydrogen-bond acceptors (Lipinski definition) is 3. The second kappa shape index (κ2) is 8.41. The molecule has 2 amide bonds. The van der Waals surface area contributed by atoms with Crippen molar-refractivity contribution in [2.24, 2.45) is 5.92 Å². The number of nitrogens with zero attached hydrogens (tertiary/aromatic N) is 1. The summed E-state index contributed by atoms with van der Waals surface area (Å²) in [6.45, 7) is 0.0866. The highest BCUT2D eigenvalue weighted by Crippen LogP contribution is 2.23. The number of aliphatic carboxylic acids is 1. The SMILES string of the molecule is CNC(=O)[C@H]1CC[C@@H](C(=O)O)N(C(=O)C/C=C/c2cccc(F)c2)C1. The first-order valence-electron chi connectivity index (χ1n) is 8.08. The Morgan fingerprint density at radius 1 is 1.36 bits per heavy atom. The molecule has 134 valence electrons. The quantitative estimate of drug-likeness (QED) is 0.847. The summed E-state index contributed by atoms with van der Waals surface area (Å²) in [6.07, 6.45) is 3.84. The Hall–Kier alpha value is -2.70. The molecule has 25 heavy (non-hydrogen) atoms. The van der Waals surface area contributed by atoms with Gasteiger partial charge in [-0.2, -0.15) is 0 Å². The summed E-state index contributed by atoms with van der Waals surface area (Å²) in [4.78, 5) is 36.9. The third-order valence-electron chi connectivity index (χ3n) is 4.26. The van der Waals surface area contributed by atoms with E-state index in [9.17, 15) is 23.9 Å². The molecular formula is C18H21FN2O4. The van der Waals surface area contributed by atoms with E-state index in [-0.39, 0.29) is 37.0 Å². The van der Waals surface area contributed by atoms with Crippen LogP contribution in [0.3, 0.4) is 0 Å². The van der Waals surface area contributed by atoms with Gasteiger partial charge in [-0.15, -0.1) is 0 Å². The van der Waals surface area contributed by atoms with Gasteiger partial charge in [0.15, 0.2) is 0 Å². The normalized spacial score (nSPS) is 20.5. The molecule has 2 rings (SSSR count). The van der Waals surface area contributed by atoms with Crippen LogP contribution in [-0.2, 0) is 14.4 Å². The van der Waals surface area contributed by atoms with Crippen LogP contribution in [0.1, 0.15) is 24.8 Å². The Morgan fingerprint density at radius 2 is 2.12 bits per heavy atom. The number of benzene rings is 1. The van der Waals surface area contributed by atoms with Crippen LogP contribution in [0.25, 0.3) is 6.08 Å². The number of carboxylic acids is 1. The number of hydrogen-bond donors (Lipinski definition) is 2. The lowest BCUT2D eigenvalue weighted by Gasteiger charge is -2.36. The van der Waals surface area contributed by atoms with E-state index in [1.54, 1.807) is 24.3 Å². The minimum atomic E-state index is -1.07. The maximum absolute atomic E-state index is 13.1. The molecule has 1 aromatic rings. The predicted octanol–water partition coefficient (Wildman–Crippen LogP) is 1.67. The van der Waals surface area contributed by atoms with Gasteiger partial charge in [-0.3, -0.25) is 9.59 Å². The third-order valence-corrected chi connectivity index (χ3v) is 4.26. The molecule has 7 heteroatoms. The fraction of sp³-hybridized carbons (Fsp3) is 0.389. The van der Waals surface area contributed by atoms with E-state index < -0.39 is 17.9 Å². The van der Waals surface area contributed by atoms with Crippen LogP contribution >= 0.6 is 0 Å². The van der Waals surface area contributed by atoms with Gasteiger partial charge in [0.1, 0.15) is 11.9 Å². The smallest absolute Gasteiger partial charge is 0.326 e. The number of amides is 2. The van der Waals surface area contributed by atoms with E-state index in [4.69, 9.17) is 0 Å². The maximum Gasteiger partial charge on any atom is 0.326 e. The second-order valence-electron chi connectivity index (χ2n) is 5.95. The molecular weight excluding hydrogens is 327 g/mol. The van der Waals surface area contributed by atoms with Crippen molar-refractivity contribution < 1.29 is 23.9 Å². The first-order chi connectivity index (χ1) is 11.9. The summed E-state index contributed by atoms with van der Waals surface area (Å²) < 4.78 is 13.1. The second-order valence-corrected chi connectivity index (χ2v) is 5.95. The zero-order valence-electron chi connectivity index (χ0n) is 13.9. The molecule has 1 aliphatic rings. The van der Waals surface area contributed by atoms with Crippen LogP contribution < -0.4 is 5.32 Å². The molecule has 1 aliphatic heterocycles. The lowest BCUT2D eigenvalue weighted by atomic mass is 9.91. The van der Waals surface area contributed by atoms with Crippen molar-refractivity contribution in [1.29, 1.82) is 0 Å². The molecule has 0 aliphatic carbocycles. The van der Waals surface area contributed by atoms with Gasteiger partial charge in [-0.05, 0) is 30.5 Å². The van der Waals surface area contributed by atoms with Gasteiger partial charge in [-0.1, -0.05) is 24.3 Å². The van der Waals surface area contributed by atoms with Crippen molar-refractivity contribution in [3.63, 3.8) is 0 Å². The van der Waals surface area contributed by atoms with Crippen LogP contribution in [0, 0.1) is 11.7 Å². The minimum Gasteiger partial charge on any atom is -0.480 e. The molecule has 1 aromatic carbocycles. The molecule has 0 bridgehead atoms. The van der Waals surface area contributed by atoms with Gasteiger partial charge in [0.2, 0.25) is 11.8 Å². The van der Waals surface area contributed by atoms with Crippen molar-refractivity contribution in [1.82, 2.24) is 10.2 Å². The highest BCUT2D eigenvalue weighted by molar-refractivity contribution is 5.87. The van der Waals surface area contributed by atoms with Gasteiger partial charge in [0, 0.05) is 20.0 Å². The van der Waals surface area contributed by atoms with Gasteiger partial charge < -0.3 is 15.3 Å². The minimum absolute atomic E-state index is 0.0131. The highest BCUT2D eigenvalue weighted by Gasteiger charge is 2.37. The molecule has 0 radical (unpaired) electrons. The first-order valence-corrected chi connectivity index (χ1v) is 8.08. The summed E-state index contributed by atoms with van der Waals surface area (Å²) >= 11 is 0. The van der Waals surface area contributed by atoms with Gasteiger partial charge in [-0.25, -0.2) is 9.18 Å². The molecule has 0 aromatic heterocycles. The van der Waals surface area contributed by atoms with E-state index >= 15 is 0 Å². The molecule has 0 saturated carbocycles. The Bertz CT molecular complexity index is 689. The molecule has 1 fully saturated rings. The molecule has 0 spiro atoms. The molecule has 2 atom stereocenters. The number of carboxylic acid groups (broad SMARTS) is 1. The summed E-state index contributed by atoms with van der Waals surface area (Å²) in [5.74, 6) is -2.41. The zero-order valence-corrected chi connectivity index (χ0v) is 13.9. The van der Waals surface area contributed by atoms with Gasteiger partial charge in [0.25, 0.3) is 0 Å². The summed E-state index contributed by atoms with van der Waals surface area (Å²) in [7, 11) is 1.51. The molecule has 1 heterocycles. The number of carbonyl (C=O) groups is 3. The first kappa shape index (κ1) is 18.6. The maximum atomic E-state index is 13.1. The highest BCUT2D eigenvalue weighted by atomic mass is 19.1. The summed E-state index contributed by atoms with van der Waals surface area (Å²) in [5.41, 5.74) is 0.615. The lowest BCUT2D eigenvalue weighted by Crippen LogP contribution is -2.53. The zero-order chi connectivity index (χ0) is 18.4. The number of nitrogens with one attached hydrogen (secondary N) is 1. The van der Waals surface area contributed by atoms with Crippen LogP contribution in [0.15, 0.2) is 30.3 Å². The van der Waals surface area contributed by atoms with Crippen molar-refractivity contribution in [3.05, 3.63) is 41.7 Å². The van der Waals surface area contributed by atoms with Crippen LogP contribution in [0.5, 0.6) is 0 Å². The number of carbonyl (C=O) groups excluding carboxylic acids is 2. The van der Waals surface area contributed by atoms with E-state index in [2.05, 4.69) is 5.32 Å². The van der Waals surface area contributed by atoms with E-state index in [0.717, 1.165) is 0 Å². The standard InChI is InChI=1S/C18H21FN2O4/c1-20-17(23)13-8-9-15(18(24)25)21(11-13)16(22)7-3-5-12-4-2-6-14(19)10-12/h2-6,10,13,15H,7-9,11H2,1H3,(H,20,23)(H,24,25)/b5-3+/t13-,15-/m0/s1. The Morgan fingerprint density at radius 3 is 2.76 bits per heavy atom. The van der Waals surface area contributed by atoms with Gasteiger partial charge >= 0.3 is 5.97 Å². The van der Waals surface area contributed by atoms with E-state index in [1.165, 1.54) is 24.1 Å². The van der Waals surface area contributed by atoms with Crippen molar-refractivity contribution in [2.45, 2.75) is 25.3 Å². The number of halogens is 1. The molecule has 6 nitrogen and oxygen atoms in total. The Kier molecular flexibility index (Phi) is 6.27. The lowest BCUT2D eigenvalue weighted by molar-refractivity contribution is -0.154. The predicted molar refractivity (Wildman–Crippen MR) is 90.0 cm³/mol. The summed E-state index contributed by atoms with van der Waals surface area (Å²) in [6, 6.07) is 5.01. The Balaban J connectivity index is 2.05. The van der Waals surface area contributed by atoms with E-state index in [1.807, 2.05) is 0 Å². The number of likely N-dealkylation sites (tertiary alicyclic amines) is 1. The average Bonchev–Trinajstić information content (AvgIpc) is 2.60. The number of rotatable bonds is 5. The molecule has 1 saturated heterocycles. The fourth-order valence-corrected chi connectivity index (χ4v) is 2.94. The number of piperidine rings is 1. The fourth-order valence-electron chi connectivity index (χ4n) is 2.94. The van der Waals surface area contributed by atoms with Gasteiger partial charge in [0.05, 0.1) is 5.92 Å². The van der Waals surface area contributed by atoms with Crippen molar-refractivity contribution >= 4 is 23.9 Å². The average molecular weight is 348 g/mol. The molecule has 2 N–H and O–H groups in total. The van der Waals surface area contributed by atoms with Crippen molar-refractivity contribution in [3.8, 4) is 0 Å². The van der Waals surface area contributed by atoms with Crippen molar-refractivity contribution in [2.75, 3.05) is 13.6 Å².